The molecule has 0 bridgehead atoms. The molecule has 2 heterocycles. The number of H-pyrrole nitrogens is 1. The van der Waals surface area contributed by atoms with Gasteiger partial charge >= 0.3 is 0 Å². The summed E-state index contributed by atoms with van der Waals surface area (Å²) >= 11 is 0. The van der Waals surface area contributed by atoms with Crippen molar-refractivity contribution in [3.05, 3.63) is 24.2 Å². The van der Waals surface area contributed by atoms with Crippen LogP contribution < -0.4 is 10.5 Å². The Labute approximate surface area is 97.9 Å². The summed E-state index contributed by atoms with van der Waals surface area (Å²) in [5.41, 5.74) is 6.12. The van der Waals surface area contributed by atoms with Gasteiger partial charge in [-0.1, -0.05) is 0 Å². The van der Waals surface area contributed by atoms with E-state index in [0.29, 0.717) is 5.56 Å². The summed E-state index contributed by atoms with van der Waals surface area (Å²) in [7, 11) is -1.98. The maximum absolute atomic E-state index is 11.9. The van der Waals surface area contributed by atoms with E-state index >= 15 is 0 Å². The third kappa shape index (κ3) is 2.29. The number of nitrogens with zero attached hydrogens (tertiary/aromatic N) is 3. The molecule has 0 fully saturated rings. The highest BCUT2D eigenvalue weighted by atomic mass is 32.2. The molecule has 8 nitrogen and oxygen atoms in total. The van der Waals surface area contributed by atoms with E-state index in [0.717, 1.165) is 0 Å². The number of sulfonamides is 1. The van der Waals surface area contributed by atoms with Crippen LogP contribution in [0.4, 0.5) is 5.82 Å². The van der Waals surface area contributed by atoms with Crippen LogP contribution in [0.15, 0.2) is 23.5 Å². The van der Waals surface area contributed by atoms with Gasteiger partial charge in [-0.15, -0.1) is 0 Å². The second-order valence-corrected chi connectivity index (χ2v) is 5.10. The minimum atomic E-state index is -3.66. The van der Waals surface area contributed by atoms with Gasteiger partial charge in [-0.25, -0.2) is 8.42 Å². The summed E-state index contributed by atoms with van der Waals surface area (Å²) in [6, 6.07) is 0. The van der Waals surface area contributed by atoms with E-state index in [2.05, 4.69) is 20.0 Å². The van der Waals surface area contributed by atoms with E-state index in [4.69, 9.17) is 5.73 Å². The number of aromatic amines is 1. The summed E-state index contributed by atoms with van der Waals surface area (Å²) in [6.07, 6.45) is 4.16. The van der Waals surface area contributed by atoms with Crippen molar-refractivity contribution >= 4 is 15.8 Å². The van der Waals surface area contributed by atoms with Gasteiger partial charge in [-0.3, -0.25) is 14.5 Å². The molecule has 2 rings (SSSR count). The Hall–Kier alpha value is -1.87. The van der Waals surface area contributed by atoms with Crippen LogP contribution in [0, 0.1) is 0 Å². The van der Waals surface area contributed by atoms with Gasteiger partial charge < -0.3 is 5.73 Å². The monoisotopic (exact) mass is 256 g/mol. The van der Waals surface area contributed by atoms with Crippen LogP contribution in [-0.4, -0.2) is 28.4 Å². The molecule has 9 heteroatoms. The van der Waals surface area contributed by atoms with E-state index in [1.165, 1.54) is 17.1 Å². The lowest BCUT2D eigenvalue weighted by Gasteiger charge is -2.04. The number of hydrogen-bond acceptors (Lipinski definition) is 5. The van der Waals surface area contributed by atoms with E-state index < -0.39 is 10.0 Å². The molecule has 0 unspecified atom stereocenters. The Bertz CT molecular complexity index is 600. The summed E-state index contributed by atoms with van der Waals surface area (Å²) in [4.78, 5) is 0.0473. The molecule has 92 valence electrons. The van der Waals surface area contributed by atoms with E-state index in [1.807, 2.05) is 0 Å². The lowest BCUT2D eigenvalue weighted by molar-refractivity contribution is 0.601. The molecule has 4 N–H and O–H groups in total. The lowest BCUT2D eigenvalue weighted by atomic mass is 10.3. The van der Waals surface area contributed by atoms with Gasteiger partial charge in [0.2, 0.25) is 0 Å². The number of rotatable bonds is 4. The fourth-order valence-corrected chi connectivity index (χ4v) is 2.29. The Morgan fingerprint density at radius 2 is 2.35 bits per heavy atom. The third-order valence-corrected chi connectivity index (χ3v) is 3.44. The van der Waals surface area contributed by atoms with Crippen LogP contribution in [0.2, 0.25) is 0 Å². The average Bonchev–Trinajstić information content (AvgIpc) is 2.86. The van der Waals surface area contributed by atoms with Crippen molar-refractivity contribution in [1.29, 1.82) is 0 Å². The van der Waals surface area contributed by atoms with Gasteiger partial charge in [0.1, 0.15) is 4.90 Å². The second kappa shape index (κ2) is 4.18. The summed E-state index contributed by atoms with van der Waals surface area (Å²) in [5, 5.41) is 10.0. The van der Waals surface area contributed by atoms with Crippen LogP contribution in [0.3, 0.4) is 0 Å². The van der Waals surface area contributed by atoms with Crippen molar-refractivity contribution in [3.63, 3.8) is 0 Å². The van der Waals surface area contributed by atoms with Gasteiger partial charge in [0.15, 0.2) is 5.82 Å². The molecule has 2 aromatic heterocycles. The van der Waals surface area contributed by atoms with E-state index in [9.17, 15) is 8.42 Å². The minimum absolute atomic E-state index is 0.0473. The standard InChI is InChI=1S/C8H12N6O2S/c1-14-5-6(2-9)8(12-14)13-17(15,16)7-3-10-11-4-7/h3-5H,2,9H2,1H3,(H,10,11)(H,12,13). The van der Waals surface area contributed by atoms with Crippen molar-refractivity contribution in [2.45, 2.75) is 11.4 Å². The zero-order chi connectivity index (χ0) is 12.5. The van der Waals surface area contributed by atoms with E-state index in [1.54, 1.807) is 13.2 Å². The predicted molar refractivity (Wildman–Crippen MR) is 60.5 cm³/mol. The van der Waals surface area contributed by atoms with Crippen LogP contribution in [0.25, 0.3) is 0 Å². The maximum Gasteiger partial charge on any atom is 0.266 e. The fourth-order valence-electron chi connectivity index (χ4n) is 1.35. The number of nitrogens with one attached hydrogen (secondary N) is 2. The molecule has 17 heavy (non-hydrogen) atoms. The van der Waals surface area contributed by atoms with Crippen LogP contribution in [0.1, 0.15) is 5.56 Å². The third-order valence-electron chi connectivity index (χ3n) is 2.14. The normalized spacial score (nSPS) is 11.6. The Morgan fingerprint density at radius 3 is 2.94 bits per heavy atom. The first kappa shape index (κ1) is 11.6. The van der Waals surface area contributed by atoms with Gasteiger partial charge in [0.05, 0.1) is 6.20 Å². The summed E-state index contributed by atoms with van der Waals surface area (Å²) in [5.74, 6) is 0.233. The minimum Gasteiger partial charge on any atom is -0.326 e. The summed E-state index contributed by atoms with van der Waals surface area (Å²) in [6.45, 7) is 0.205. The first-order chi connectivity index (χ1) is 8.03. The average molecular weight is 256 g/mol. The SMILES string of the molecule is Cn1cc(CN)c(NS(=O)(=O)c2cn[nH]c2)n1. The van der Waals surface area contributed by atoms with Crippen LogP contribution in [-0.2, 0) is 23.6 Å². The molecular formula is C8H12N6O2S. The highest BCUT2D eigenvalue weighted by molar-refractivity contribution is 7.92. The lowest BCUT2D eigenvalue weighted by Crippen LogP contribution is -2.14. The van der Waals surface area contributed by atoms with Crippen molar-refractivity contribution in [3.8, 4) is 0 Å². The van der Waals surface area contributed by atoms with Crippen molar-refractivity contribution in [2.24, 2.45) is 12.8 Å². The first-order valence-corrected chi connectivity index (χ1v) is 6.25. The second-order valence-electron chi connectivity index (χ2n) is 3.42. The zero-order valence-corrected chi connectivity index (χ0v) is 9.90. The molecular weight excluding hydrogens is 244 g/mol. The molecule has 0 aliphatic rings. The Kier molecular flexibility index (Phi) is 2.86. The largest absolute Gasteiger partial charge is 0.326 e. The fraction of sp³-hybridized carbons (Fsp3) is 0.250. The van der Waals surface area contributed by atoms with Crippen molar-refractivity contribution < 1.29 is 8.42 Å². The molecule has 0 aliphatic heterocycles. The number of aromatic nitrogens is 4. The molecule has 2 aromatic rings. The number of nitrogens with two attached hydrogens (primary N) is 1. The molecule has 0 amide bonds. The molecule has 0 saturated carbocycles. The zero-order valence-electron chi connectivity index (χ0n) is 9.08. The number of anilines is 1. The molecule has 0 spiro atoms. The Balaban J connectivity index is 2.32. The smallest absolute Gasteiger partial charge is 0.266 e. The van der Waals surface area contributed by atoms with Gasteiger partial charge in [-0.05, 0) is 0 Å². The quantitative estimate of drug-likeness (QED) is 0.675. The molecule has 0 aromatic carbocycles. The van der Waals surface area contributed by atoms with Crippen molar-refractivity contribution in [2.75, 3.05) is 4.72 Å². The Morgan fingerprint density at radius 1 is 1.59 bits per heavy atom. The van der Waals surface area contributed by atoms with Crippen LogP contribution in [0.5, 0.6) is 0 Å². The predicted octanol–water partition coefficient (Wildman–Crippen LogP) is -0.597. The van der Waals surface area contributed by atoms with Crippen molar-refractivity contribution in [1.82, 2.24) is 20.0 Å². The number of hydrogen-bond donors (Lipinski definition) is 3. The first-order valence-electron chi connectivity index (χ1n) is 4.77. The van der Waals surface area contributed by atoms with Crippen LogP contribution >= 0.6 is 0 Å². The highest BCUT2D eigenvalue weighted by Gasteiger charge is 2.18. The molecule has 0 saturated heterocycles. The molecule has 0 radical (unpaired) electrons. The van der Waals surface area contributed by atoms with Gasteiger partial charge in [0.25, 0.3) is 10.0 Å². The maximum atomic E-state index is 11.9. The van der Waals surface area contributed by atoms with Gasteiger partial charge in [0, 0.05) is 31.5 Å². The highest BCUT2D eigenvalue weighted by Crippen LogP contribution is 2.16. The van der Waals surface area contributed by atoms with E-state index in [-0.39, 0.29) is 17.3 Å². The number of aryl methyl sites for hydroxylation is 1. The summed E-state index contributed by atoms with van der Waals surface area (Å²) < 4.78 is 27.6. The van der Waals surface area contributed by atoms with Gasteiger partial charge in [-0.2, -0.15) is 10.2 Å². The topological polar surface area (TPSA) is 119 Å². The molecule has 0 aliphatic carbocycles. The molecule has 0 atom stereocenters.